The van der Waals surface area contributed by atoms with E-state index in [9.17, 15) is 18.6 Å². The third kappa shape index (κ3) is 3.59. The SMILES string of the molecule is Cc1ccc(S(=O)(=O)Oc2c(CO)cc(Cl)cc2CO)cc1. The lowest BCUT2D eigenvalue weighted by molar-refractivity contribution is 0.269. The second kappa shape index (κ2) is 6.66. The minimum absolute atomic E-state index is 0.0131. The molecule has 5 nitrogen and oxygen atoms in total. The topological polar surface area (TPSA) is 83.8 Å². The van der Waals surface area contributed by atoms with E-state index in [0.29, 0.717) is 0 Å². The zero-order valence-electron chi connectivity index (χ0n) is 11.8. The second-order valence-corrected chi connectivity index (χ2v) is 6.70. The van der Waals surface area contributed by atoms with Gasteiger partial charge in [0.25, 0.3) is 0 Å². The van der Waals surface area contributed by atoms with Gasteiger partial charge in [-0.05, 0) is 31.2 Å². The van der Waals surface area contributed by atoms with Gasteiger partial charge in [-0.15, -0.1) is 0 Å². The lowest BCUT2D eigenvalue weighted by atomic mass is 10.1. The largest absolute Gasteiger partial charge is 0.392 e. The minimum atomic E-state index is -4.07. The van der Waals surface area contributed by atoms with Gasteiger partial charge in [0.1, 0.15) is 4.90 Å². The highest BCUT2D eigenvalue weighted by molar-refractivity contribution is 7.87. The average molecular weight is 343 g/mol. The summed E-state index contributed by atoms with van der Waals surface area (Å²) in [6, 6.07) is 8.94. The molecule has 2 aromatic rings. The molecule has 0 amide bonds. The van der Waals surface area contributed by atoms with Gasteiger partial charge in [-0.3, -0.25) is 0 Å². The summed E-state index contributed by atoms with van der Waals surface area (Å²) in [6.07, 6.45) is 0. The molecule has 0 saturated heterocycles. The zero-order valence-corrected chi connectivity index (χ0v) is 13.4. The fourth-order valence-electron chi connectivity index (χ4n) is 1.92. The van der Waals surface area contributed by atoms with Crippen LogP contribution in [0.5, 0.6) is 5.75 Å². The van der Waals surface area contributed by atoms with Crippen molar-refractivity contribution >= 4 is 21.7 Å². The molecular formula is C15H15ClO5S. The van der Waals surface area contributed by atoms with Crippen molar-refractivity contribution in [3.05, 3.63) is 58.1 Å². The summed E-state index contributed by atoms with van der Waals surface area (Å²) >= 11 is 5.86. The maximum Gasteiger partial charge on any atom is 0.339 e. The van der Waals surface area contributed by atoms with Gasteiger partial charge in [0.15, 0.2) is 5.75 Å². The van der Waals surface area contributed by atoms with Gasteiger partial charge in [0.05, 0.1) is 13.2 Å². The van der Waals surface area contributed by atoms with Gasteiger partial charge in [0, 0.05) is 16.1 Å². The molecule has 0 heterocycles. The summed E-state index contributed by atoms with van der Waals surface area (Å²) in [5.74, 6) is -0.102. The predicted octanol–water partition coefficient (Wildman–Crippen LogP) is 2.40. The van der Waals surface area contributed by atoms with Crippen LogP contribution >= 0.6 is 11.6 Å². The van der Waals surface area contributed by atoms with Crippen molar-refractivity contribution in [2.24, 2.45) is 0 Å². The van der Waals surface area contributed by atoms with Crippen molar-refractivity contribution in [1.82, 2.24) is 0 Å². The maximum atomic E-state index is 12.3. The first-order valence-corrected chi connectivity index (χ1v) is 8.20. The molecule has 118 valence electrons. The van der Waals surface area contributed by atoms with Gasteiger partial charge >= 0.3 is 10.1 Å². The summed E-state index contributed by atoms with van der Waals surface area (Å²) in [5.41, 5.74) is 1.29. The van der Waals surface area contributed by atoms with E-state index < -0.39 is 23.3 Å². The van der Waals surface area contributed by atoms with Crippen molar-refractivity contribution in [3.8, 4) is 5.75 Å². The third-order valence-electron chi connectivity index (χ3n) is 3.05. The van der Waals surface area contributed by atoms with Gasteiger partial charge in [-0.2, -0.15) is 8.42 Å². The first-order valence-electron chi connectivity index (χ1n) is 6.41. The van der Waals surface area contributed by atoms with Crippen LogP contribution in [0.15, 0.2) is 41.3 Å². The normalized spacial score (nSPS) is 11.5. The van der Waals surface area contributed by atoms with E-state index in [4.69, 9.17) is 15.8 Å². The highest BCUT2D eigenvalue weighted by Gasteiger charge is 2.21. The number of hydrogen-bond donors (Lipinski definition) is 2. The Morgan fingerprint density at radius 2 is 1.55 bits per heavy atom. The molecule has 0 aromatic heterocycles. The smallest absolute Gasteiger partial charge is 0.339 e. The van der Waals surface area contributed by atoms with E-state index >= 15 is 0 Å². The number of halogens is 1. The van der Waals surface area contributed by atoms with Crippen molar-refractivity contribution in [2.45, 2.75) is 25.0 Å². The van der Waals surface area contributed by atoms with Gasteiger partial charge in [-0.25, -0.2) is 0 Å². The molecule has 2 rings (SSSR count). The molecule has 2 N–H and O–H groups in total. The lowest BCUT2D eigenvalue weighted by Gasteiger charge is -2.14. The van der Waals surface area contributed by atoms with E-state index in [-0.39, 0.29) is 26.8 Å². The van der Waals surface area contributed by atoms with E-state index in [2.05, 4.69) is 0 Å². The second-order valence-electron chi connectivity index (χ2n) is 4.72. The summed E-state index contributed by atoms with van der Waals surface area (Å²) in [4.78, 5) is -0.0131. The van der Waals surface area contributed by atoms with Crippen molar-refractivity contribution in [1.29, 1.82) is 0 Å². The van der Waals surface area contributed by atoms with Crippen LogP contribution in [0.1, 0.15) is 16.7 Å². The number of aliphatic hydroxyl groups excluding tert-OH is 2. The summed E-state index contributed by atoms with van der Waals surface area (Å²) in [5, 5.41) is 19.0. The Labute approximate surface area is 133 Å². The molecule has 0 spiro atoms. The fraction of sp³-hybridized carbons (Fsp3) is 0.200. The third-order valence-corrected chi connectivity index (χ3v) is 4.50. The summed E-state index contributed by atoms with van der Waals surface area (Å²) < 4.78 is 29.8. The molecule has 0 bridgehead atoms. The number of benzene rings is 2. The predicted molar refractivity (Wildman–Crippen MR) is 82.3 cm³/mol. The number of rotatable bonds is 5. The Morgan fingerprint density at radius 3 is 2.00 bits per heavy atom. The van der Waals surface area contributed by atoms with Crippen molar-refractivity contribution < 1.29 is 22.8 Å². The average Bonchev–Trinajstić information content (AvgIpc) is 2.48. The van der Waals surface area contributed by atoms with Gasteiger partial charge in [0.2, 0.25) is 0 Å². The van der Waals surface area contributed by atoms with Gasteiger partial charge in [-0.1, -0.05) is 29.3 Å². The van der Waals surface area contributed by atoms with E-state index in [1.165, 1.54) is 24.3 Å². The minimum Gasteiger partial charge on any atom is -0.392 e. The first kappa shape index (κ1) is 16.8. The fourth-order valence-corrected chi connectivity index (χ4v) is 3.18. The van der Waals surface area contributed by atoms with Crippen molar-refractivity contribution in [2.75, 3.05) is 0 Å². The Hall–Kier alpha value is -1.60. The number of hydrogen-bond acceptors (Lipinski definition) is 5. The number of aryl methyl sites for hydroxylation is 1. The van der Waals surface area contributed by atoms with E-state index in [0.717, 1.165) is 5.56 Å². The van der Waals surface area contributed by atoms with Crippen LogP contribution in [0, 0.1) is 6.92 Å². The standard InChI is InChI=1S/C15H15ClO5S/c1-10-2-4-14(5-3-10)22(19,20)21-15-11(8-17)6-13(16)7-12(15)9-18/h2-7,17-18H,8-9H2,1H3. The van der Waals surface area contributed by atoms with Crippen LogP contribution in [-0.2, 0) is 23.3 Å². The maximum absolute atomic E-state index is 12.3. The molecule has 0 aliphatic carbocycles. The molecule has 0 aliphatic rings. The highest BCUT2D eigenvalue weighted by Crippen LogP contribution is 2.31. The molecular weight excluding hydrogens is 328 g/mol. The van der Waals surface area contributed by atoms with Crippen LogP contribution in [0.3, 0.4) is 0 Å². The summed E-state index contributed by atoms with van der Waals surface area (Å²) in [6.45, 7) is 0.906. The molecule has 0 atom stereocenters. The molecule has 0 aliphatic heterocycles. The number of aliphatic hydroxyl groups is 2. The van der Waals surface area contributed by atoms with Crippen molar-refractivity contribution in [3.63, 3.8) is 0 Å². The quantitative estimate of drug-likeness (QED) is 0.815. The molecule has 22 heavy (non-hydrogen) atoms. The molecule has 2 aromatic carbocycles. The van der Waals surface area contributed by atoms with Crippen LogP contribution in [0.25, 0.3) is 0 Å². The summed E-state index contributed by atoms with van der Waals surface area (Å²) in [7, 11) is -4.07. The Bertz CT molecular complexity index is 744. The molecule has 0 saturated carbocycles. The van der Waals surface area contributed by atoms with E-state index in [1.807, 2.05) is 6.92 Å². The van der Waals surface area contributed by atoms with Gasteiger partial charge < -0.3 is 14.4 Å². The van der Waals surface area contributed by atoms with Crippen LogP contribution < -0.4 is 4.18 Å². The van der Waals surface area contributed by atoms with E-state index in [1.54, 1.807) is 12.1 Å². The Balaban J connectivity index is 2.47. The molecule has 7 heteroatoms. The lowest BCUT2D eigenvalue weighted by Crippen LogP contribution is -2.12. The monoisotopic (exact) mass is 342 g/mol. The van der Waals surface area contributed by atoms with Crippen LogP contribution in [0.4, 0.5) is 0 Å². The molecule has 0 radical (unpaired) electrons. The highest BCUT2D eigenvalue weighted by atomic mass is 35.5. The molecule has 0 unspecified atom stereocenters. The zero-order chi connectivity index (χ0) is 16.3. The Morgan fingerprint density at radius 1 is 1.05 bits per heavy atom. The Kier molecular flexibility index (Phi) is 5.08. The van der Waals surface area contributed by atoms with Crippen LogP contribution in [-0.4, -0.2) is 18.6 Å². The molecule has 0 fully saturated rings. The van der Waals surface area contributed by atoms with Crippen LogP contribution in [0.2, 0.25) is 5.02 Å². The first-order chi connectivity index (χ1) is 10.4.